The van der Waals surface area contributed by atoms with Crippen molar-refractivity contribution < 1.29 is 4.79 Å². The minimum atomic E-state index is 0.168. The molecule has 1 aromatic carbocycles. The van der Waals surface area contributed by atoms with E-state index in [4.69, 9.17) is 0 Å². The maximum absolute atomic E-state index is 11.4. The third-order valence-electron chi connectivity index (χ3n) is 4.80. The number of rotatable bonds is 6. The molecule has 0 radical (unpaired) electrons. The minimum absolute atomic E-state index is 0.168. The summed E-state index contributed by atoms with van der Waals surface area (Å²) in [5.41, 5.74) is 3.60. The number of nitrogens with zero attached hydrogens (tertiary/aromatic N) is 2. The van der Waals surface area contributed by atoms with Crippen molar-refractivity contribution in [3.8, 4) is 0 Å². The van der Waals surface area contributed by atoms with Gasteiger partial charge in [0.15, 0.2) is 5.78 Å². The van der Waals surface area contributed by atoms with Gasteiger partial charge in [-0.15, -0.1) is 0 Å². The Morgan fingerprint density at radius 1 is 1.00 bits per heavy atom. The Morgan fingerprint density at radius 2 is 1.67 bits per heavy atom. The molecule has 2 heterocycles. The predicted molar refractivity (Wildman–Crippen MR) is 85.5 cm³/mol. The van der Waals surface area contributed by atoms with Gasteiger partial charge in [0.05, 0.1) is 0 Å². The minimum Gasteiger partial charge on any atom is -0.303 e. The van der Waals surface area contributed by atoms with E-state index < -0.39 is 0 Å². The van der Waals surface area contributed by atoms with Crippen LogP contribution >= 0.6 is 0 Å². The normalized spacial score (nSPS) is 19.1. The molecule has 0 amide bonds. The highest BCUT2D eigenvalue weighted by atomic mass is 16.1. The SMILES string of the molecule is CC(=O)c1ccc2c(c1)CN(CCCCN1CCCC1)C2. The highest BCUT2D eigenvalue weighted by Crippen LogP contribution is 2.24. The van der Waals surface area contributed by atoms with Crippen LogP contribution in [0.4, 0.5) is 0 Å². The fraction of sp³-hybridized carbons (Fsp3) is 0.611. The zero-order valence-corrected chi connectivity index (χ0v) is 13.1. The van der Waals surface area contributed by atoms with E-state index in [9.17, 15) is 4.79 Å². The smallest absolute Gasteiger partial charge is 0.159 e. The number of hydrogen-bond acceptors (Lipinski definition) is 3. The van der Waals surface area contributed by atoms with Crippen LogP contribution < -0.4 is 0 Å². The van der Waals surface area contributed by atoms with Crippen molar-refractivity contribution in [3.63, 3.8) is 0 Å². The maximum atomic E-state index is 11.4. The number of fused-ring (bicyclic) bond motifs is 1. The Labute approximate surface area is 127 Å². The van der Waals surface area contributed by atoms with E-state index in [1.54, 1.807) is 6.92 Å². The van der Waals surface area contributed by atoms with Gasteiger partial charge in [0.25, 0.3) is 0 Å². The first kappa shape index (κ1) is 14.7. The van der Waals surface area contributed by atoms with Gasteiger partial charge in [-0.05, 0) is 76.0 Å². The van der Waals surface area contributed by atoms with Crippen LogP contribution in [0, 0.1) is 0 Å². The number of hydrogen-bond donors (Lipinski definition) is 0. The molecule has 2 aliphatic rings. The molecule has 3 heteroatoms. The topological polar surface area (TPSA) is 23.6 Å². The van der Waals surface area contributed by atoms with Crippen molar-refractivity contribution in [1.82, 2.24) is 9.80 Å². The second-order valence-electron chi connectivity index (χ2n) is 6.51. The molecule has 0 N–H and O–H groups in total. The molecule has 0 aromatic heterocycles. The molecular weight excluding hydrogens is 260 g/mol. The summed E-state index contributed by atoms with van der Waals surface area (Å²) in [5, 5.41) is 0. The predicted octanol–water partition coefficient (Wildman–Crippen LogP) is 3.08. The van der Waals surface area contributed by atoms with Crippen LogP contribution in [0.15, 0.2) is 18.2 Å². The summed E-state index contributed by atoms with van der Waals surface area (Å²) in [6, 6.07) is 6.19. The molecule has 114 valence electrons. The number of unbranched alkanes of at least 4 members (excludes halogenated alkanes) is 1. The average Bonchev–Trinajstić information content (AvgIpc) is 3.11. The van der Waals surface area contributed by atoms with Crippen LogP contribution in [0.3, 0.4) is 0 Å². The molecule has 0 saturated carbocycles. The first-order valence-electron chi connectivity index (χ1n) is 8.30. The highest BCUT2D eigenvalue weighted by molar-refractivity contribution is 5.94. The van der Waals surface area contributed by atoms with E-state index in [-0.39, 0.29) is 5.78 Å². The van der Waals surface area contributed by atoms with Crippen molar-refractivity contribution >= 4 is 5.78 Å². The van der Waals surface area contributed by atoms with Crippen LogP contribution in [0.5, 0.6) is 0 Å². The number of carbonyl (C=O) groups excluding carboxylic acids is 1. The fourth-order valence-corrected chi connectivity index (χ4v) is 3.52. The van der Waals surface area contributed by atoms with Crippen molar-refractivity contribution in [2.75, 3.05) is 26.2 Å². The lowest BCUT2D eigenvalue weighted by Gasteiger charge is -2.17. The molecule has 3 rings (SSSR count). The largest absolute Gasteiger partial charge is 0.303 e. The lowest BCUT2D eigenvalue weighted by atomic mass is 10.0. The molecule has 21 heavy (non-hydrogen) atoms. The number of carbonyl (C=O) groups is 1. The molecule has 0 unspecified atom stereocenters. The molecule has 0 aliphatic carbocycles. The van der Waals surface area contributed by atoms with E-state index in [1.165, 1.54) is 63.0 Å². The van der Waals surface area contributed by atoms with Gasteiger partial charge in [0, 0.05) is 18.7 Å². The molecule has 1 fully saturated rings. The summed E-state index contributed by atoms with van der Waals surface area (Å²) in [5.74, 6) is 0.168. The third kappa shape index (κ3) is 3.72. The quantitative estimate of drug-likeness (QED) is 0.593. The highest BCUT2D eigenvalue weighted by Gasteiger charge is 2.19. The van der Waals surface area contributed by atoms with Gasteiger partial charge in [-0.25, -0.2) is 0 Å². The Bertz CT molecular complexity index is 506. The molecule has 0 atom stereocenters. The van der Waals surface area contributed by atoms with Crippen molar-refractivity contribution in [3.05, 3.63) is 34.9 Å². The van der Waals surface area contributed by atoms with Crippen LogP contribution in [0.25, 0.3) is 0 Å². The standard InChI is InChI=1S/C18H26N2O/c1-15(21)16-6-7-17-13-20(14-18(17)12-16)11-5-4-10-19-8-2-3-9-19/h6-7,12H,2-5,8-11,13-14H2,1H3. The maximum Gasteiger partial charge on any atom is 0.159 e. The van der Waals surface area contributed by atoms with Gasteiger partial charge in [-0.2, -0.15) is 0 Å². The Hall–Kier alpha value is -1.19. The van der Waals surface area contributed by atoms with Gasteiger partial charge in [-0.3, -0.25) is 9.69 Å². The van der Waals surface area contributed by atoms with Gasteiger partial charge in [0.2, 0.25) is 0 Å². The van der Waals surface area contributed by atoms with E-state index >= 15 is 0 Å². The van der Waals surface area contributed by atoms with Crippen molar-refractivity contribution in [2.24, 2.45) is 0 Å². The monoisotopic (exact) mass is 286 g/mol. The first-order chi connectivity index (χ1) is 10.2. The summed E-state index contributed by atoms with van der Waals surface area (Å²) in [7, 11) is 0. The molecule has 0 spiro atoms. The zero-order chi connectivity index (χ0) is 14.7. The Morgan fingerprint density at radius 3 is 2.38 bits per heavy atom. The summed E-state index contributed by atoms with van der Waals surface area (Å²) in [4.78, 5) is 16.6. The van der Waals surface area contributed by atoms with E-state index in [0.29, 0.717) is 0 Å². The summed E-state index contributed by atoms with van der Waals surface area (Å²) >= 11 is 0. The van der Waals surface area contributed by atoms with E-state index in [1.807, 2.05) is 6.07 Å². The average molecular weight is 286 g/mol. The molecule has 1 aromatic rings. The Kier molecular flexibility index (Phi) is 4.71. The number of likely N-dealkylation sites (tertiary alicyclic amines) is 1. The van der Waals surface area contributed by atoms with Crippen LogP contribution in [-0.4, -0.2) is 41.8 Å². The van der Waals surface area contributed by atoms with Crippen LogP contribution in [0.2, 0.25) is 0 Å². The second-order valence-corrected chi connectivity index (χ2v) is 6.51. The first-order valence-corrected chi connectivity index (χ1v) is 8.30. The van der Waals surface area contributed by atoms with Gasteiger partial charge >= 0.3 is 0 Å². The number of benzene rings is 1. The lowest BCUT2D eigenvalue weighted by molar-refractivity contribution is 0.101. The van der Waals surface area contributed by atoms with Gasteiger partial charge < -0.3 is 4.90 Å². The van der Waals surface area contributed by atoms with E-state index in [0.717, 1.165) is 18.7 Å². The molecule has 2 aliphatic heterocycles. The van der Waals surface area contributed by atoms with Crippen molar-refractivity contribution in [2.45, 2.75) is 45.7 Å². The summed E-state index contributed by atoms with van der Waals surface area (Å²) in [6.45, 7) is 8.78. The number of ketones is 1. The lowest BCUT2D eigenvalue weighted by Crippen LogP contribution is -2.22. The molecule has 1 saturated heterocycles. The summed E-state index contributed by atoms with van der Waals surface area (Å²) in [6.07, 6.45) is 5.37. The van der Waals surface area contributed by atoms with Crippen LogP contribution in [0.1, 0.15) is 54.1 Å². The molecule has 3 nitrogen and oxygen atoms in total. The van der Waals surface area contributed by atoms with Crippen molar-refractivity contribution in [1.29, 1.82) is 0 Å². The third-order valence-corrected chi connectivity index (χ3v) is 4.80. The Balaban J connectivity index is 1.43. The summed E-state index contributed by atoms with van der Waals surface area (Å²) < 4.78 is 0. The molecular formula is C18H26N2O. The number of Topliss-reactive ketones (excluding diaryl/α,β-unsaturated/α-hetero) is 1. The van der Waals surface area contributed by atoms with E-state index in [2.05, 4.69) is 21.9 Å². The zero-order valence-electron chi connectivity index (χ0n) is 13.1. The second kappa shape index (κ2) is 6.71. The van der Waals surface area contributed by atoms with Gasteiger partial charge in [-0.1, -0.05) is 12.1 Å². The van der Waals surface area contributed by atoms with Gasteiger partial charge in [0.1, 0.15) is 0 Å². The van der Waals surface area contributed by atoms with Crippen LogP contribution in [-0.2, 0) is 13.1 Å². The molecule has 0 bridgehead atoms. The fourth-order valence-electron chi connectivity index (χ4n) is 3.52.